The molecule has 0 saturated carbocycles. The van der Waals surface area contributed by atoms with Gasteiger partial charge >= 0.3 is 0 Å². The highest BCUT2D eigenvalue weighted by molar-refractivity contribution is 9.10. The number of rotatable bonds is 5. The molecule has 1 aromatic carbocycles. The van der Waals surface area contributed by atoms with Crippen molar-refractivity contribution in [3.8, 4) is 0 Å². The van der Waals surface area contributed by atoms with E-state index in [9.17, 15) is 9.00 Å². The Morgan fingerprint density at radius 1 is 1.30 bits per heavy atom. The maximum Gasteiger partial charge on any atom is 0.256 e. The van der Waals surface area contributed by atoms with E-state index in [1.54, 1.807) is 24.3 Å². The van der Waals surface area contributed by atoms with Crippen LogP contribution >= 0.6 is 28.1 Å². The lowest BCUT2D eigenvalue weighted by Gasteiger charge is -2.27. The van der Waals surface area contributed by atoms with Gasteiger partial charge in [-0.2, -0.15) is 0 Å². The van der Waals surface area contributed by atoms with Gasteiger partial charge in [0.25, 0.3) is 5.91 Å². The second-order valence-corrected chi connectivity index (χ2v) is 8.85. The molecule has 2 aliphatic rings. The largest absolute Gasteiger partial charge is 0.339 e. The van der Waals surface area contributed by atoms with Gasteiger partial charge in [-0.25, -0.2) is 8.61 Å². The average molecular weight is 469 g/mol. The van der Waals surface area contributed by atoms with Crippen molar-refractivity contribution in [1.82, 2.24) is 4.90 Å². The van der Waals surface area contributed by atoms with E-state index in [-0.39, 0.29) is 5.91 Å². The number of hydrogen-bond acceptors (Lipinski definition) is 5. The Labute approximate surface area is 174 Å². The fraction of sp³-hybridized carbons (Fsp3) is 0.333. The Hall–Kier alpha value is -1.42. The van der Waals surface area contributed by atoms with E-state index in [0.29, 0.717) is 22.6 Å². The van der Waals surface area contributed by atoms with Crippen molar-refractivity contribution in [1.29, 1.82) is 0 Å². The van der Waals surface area contributed by atoms with Crippen molar-refractivity contribution < 1.29 is 9.00 Å². The van der Waals surface area contributed by atoms with Crippen LogP contribution < -0.4 is 9.86 Å². The average Bonchev–Trinajstić information content (AvgIpc) is 2.70. The van der Waals surface area contributed by atoms with Crippen LogP contribution in [0, 0.1) is 0 Å². The first kappa shape index (κ1) is 20.3. The van der Waals surface area contributed by atoms with Crippen LogP contribution in [0.25, 0.3) is 0 Å². The maximum absolute atomic E-state index is 13.0. The van der Waals surface area contributed by atoms with Gasteiger partial charge < -0.3 is 9.62 Å². The summed E-state index contributed by atoms with van der Waals surface area (Å²) in [6.45, 7) is 1.53. The quantitative estimate of drug-likeness (QED) is 0.640. The van der Waals surface area contributed by atoms with Crippen molar-refractivity contribution in [3.05, 3.63) is 51.4 Å². The van der Waals surface area contributed by atoms with Gasteiger partial charge in [0.05, 0.1) is 29.1 Å². The monoisotopic (exact) mass is 468 g/mol. The number of hydrogen-bond donors (Lipinski definition) is 2. The zero-order valence-electron chi connectivity index (χ0n) is 14.7. The number of carbonyl (C=O) groups excluding carboxylic acids is 1. The fourth-order valence-corrected chi connectivity index (χ4v) is 4.65. The molecule has 1 fully saturated rings. The Balaban J connectivity index is 1.79. The number of allylic oxidation sites excluding steroid dienone is 4. The minimum atomic E-state index is -1.48. The first-order valence-corrected chi connectivity index (χ1v) is 11.4. The molecule has 1 aromatic rings. The molecule has 6 nitrogen and oxygen atoms in total. The topological polar surface area (TPSA) is 87.8 Å². The predicted molar refractivity (Wildman–Crippen MR) is 117 cm³/mol. The molecule has 0 spiro atoms. The van der Waals surface area contributed by atoms with Crippen LogP contribution in [0.3, 0.4) is 0 Å². The van der Waals surface area contributed by atoms with Gasteiger partial charge in [0.1, 0.15) is 11.0 Å². The molecule has 1 unspecified atom stereocenters. The summed E-state index contributed by atoms with van der Waals surface area (Å²) in [5.41, 5.74) is 1.85. The third-order valence-electron chi connectivity index (χ3n) is 4.39. The van der Waals surface area contributed by atoms with E-state index >= 15 is 0 Å². The number of anilines is 1. The van der Waals surface area contributed by atoms with Crippen molar-refractivity contribution in [2.75, 3.05) is 17.8 Å². The molecule has 0 bridgehead atoms. The van der Waals surface area contributed by atoms with Crippen LogP contribution in [0.1, 0.15) is 36.0 Å². The summed E-state index contributed by atoms with van der Waals surface area (Å²) in [4.78, 5) is 15.5. The van der Waals surface area contributed by atoms with Crippen molar-refractivity contribution in [2.24, 2.45) is 9.54 Å². The summed E-state index contributed by atoms with van der Waals surface area (Å²) in [6.07, 6.45) is 9.09. The summed E-state index contributed by atoms with van der Waals surface area (Å²) in [5.74, 6) is -0.0326. The lowest BCUT2D eigenvalue weighted by Crippen LogP contribution is -2.36. The SMILES string of the molecule is NS/N=C1/C=CC=C(S(=O)Nc2ccc(Br)cc2C(=O)N2CCCCC2)C1. The molecular formula is C18H21BrN4O2S2. The third kappa shape index (κ3) is 5.31. The third-order valence-corrected chi connectivity index (χ3v) is 6.39. The van der Waals surface area contributed by atoms with Gasteiger partial charge in [0.2, 0.25) is 0 Å². The number of amides is 1. The van der Waals surface area contributed by atoms with Gasteiger partial charge in [-0.1, -0.05) is 22.0 Å². The Morgan fingerprint density at radius 2 is 2.07 bits per heavy atom. The predicted octanol–water partition coefficient (Wildman–Crippen LogP) is 3.96. The fourth-order valence-electron chi connectivity index (χ4n) is 3.04. The van der Waals surface area contributed by atoms with Crippen molar-refractivity contribution in [3.63, 3.8) is 0 Å². The van der Waals surface area contributed by atoms with Crippen LogP contribution in [-0.4, -0.2) is 33.8 Å². The molecule has 1 saturated heterocycles. The summed E-state index contributed by atoms with van der Waals surface area (Å²) in [7, 11) is -1.48. The first-order chi connectivity index (χ1) is 13.1. The summed E-state index contributed by atoms with van der Waals surface area (Å²) < 4.78 is 20.7. The Bertz CT molecular complexity index is 833. The van der Waals surface area contributed by atoms with Gasteiger partial charge in [-0.15, -0.1) is 0 Å². The summed E-state index contributed by atoms with van der Waals surface area (Å²) >= 11 is 4.32. The molecule has 1 heterocycles. The molecule has 9 heteroatoms. The van der Waals surface area contributed by atoms with Crippen LogP contribution in [0.15, 0.2) is 50.2 Å². The van der Waals surface area contributed by atoms with Crippen LogP contribution in [-0.2, 0) is 11.0 Å². The molecular weight excluding hydrogens is 448 g/mol. The molecule has 1 aliphatic heterocycles. The number of nitrogens with two attached hydrogens (primary N) is 1. The molecule has 3 N–H and O–H groups in total. The molecule has 27 heavy (non-hydrogen) atoms. The molecule has 1 aliphatic carbocycles. The van der Waals surface area contributed by atoms with E-state index in [0.717, 1.165) is 54.7 Å². The zero-order valence-corrected chi connectivity index (χ0v) is 17.9. The highest BCUT2D eigenvalue weighted by Crippen LogP contribution is 2.26. The van der Waals surface area contributed by atoms with Gasteiger partial charge in [-0.05, 0) is 49.6 Å². The highest BCUT2D eigenvalue weighted by atomic mass is 79.9. The smallest absolute Gasteiger partial charge is 0.256 e. The van der Waals surface area contributed by atoms with Crippen molar-refractivity contribution >= 4 is 56.4 Å². The standard InChI is InChI=1S/C18H21BrN4O2S2/c19-13-7-8-17(16(11-13)18(24)23-9-2-1-3-10-23)22-27(25)15-6-4-5-14(12-15)21-26-20/h4-8,11,22H,1-3,9-10,12,20H2/b21-14-. The van der Waals surface area contributed by atoms with Crippen LogP contribution in [0.5, 0.6) is 0 Å². The molecule has 1 amide bonds. The minimum Gasteiger partial charge on any atom is -0.339 e. The van der Waals surface area contributed by atoms with Crippen molar-refractivity contribution in [2.45, 2.75) is 25.7 Å². The summed E-state index contributed by atoms with van der Waals surface area (Å²) in [6, 6.07) is 5.40. The zero-order chi connectivity index (χ0) is 19.2. The molecule has 144 valence electrons. The normalized spacial score (nSPS) is 19.7. The molecule has 3 rings (SSSR count). The maximum atomic E-state index is 13.0. The number of nitrogens with one attached hydrogen (secondary N) is 1. The molecule has 0 radical (unpaired) electrons. The van der Waals surface area contributed by atoms with E-state index < -0.39 is 11.0 Å². The highest BCUT2D eigenvalue weighted by Gasteiger charge is 2.22. The molecule has 0 aromatic heterocycles. The number of carbonyl (C=O) groups is 1. The number of halogens is 1. The number of likely N-dealkylation sites (tertiary alicyclic amines) is 1. The Kier molecular flexibility index (Phi) is 7.28. The lowest BCUT2D eigenvalue weighted by atomic mass is 10.1. The Morgan fingerprint density at radius 3 is 2.81 bits per heavy atom. The number of piperidine rings is 1. The second kappa shape index (κ2) is 9.68. The molecule has 1 atom stereocenters. The van der Waals surface area contributed by atoms with E-state index in [1.807, 2.05) is 17.0 Å². The second-order valence-electron chi connectivity index (χ2n) is 6.27. The van der Waals surface area contributed by atoms with E-state index in [1.165, 1.54) is 0 Å². The van der Waals surface area contributed by atoms with E-state index in [2.05, 4.69) is 25.0 Å². The minimum absolute atomic E-state index is 0.0326. The van der Waals surface area contributed by atoms with Crippen LogP contribution in [0.2, 0.25) is 0 Å². The van der Waals surface area contributed by atoms with E-state index in [4.69, 9.17) is 5.14 Å². The first-order valence-electron chi connectivity index (χ1n) is 8.66. The number of nitrogens with zero attached hydrogens (tertiary/aromatic N) is 2. The van der Waals surface area contributed by atoms with Gasteiger partial charge in [0.15, 0.2) is 0 Å². The number of benzene rings is 1. The van der Waals surface area contributed by atoms with Gasteiger partial charge in [-0.3, -0.25) is 9.93 Å². The van der Waals surface area contributed by atoms with Crippen LogP contribution in [0.4, 0.5) is 5.69 Å². The summed E-state index contributed by atoms with van der Waals surface area (Å²) in [5, 5.41) is 5.38. The van der Waals surface area contributed by atoms with Gasteiger partial charge in [0, 0.05) is 28.9 Å². The lowest BCUT2D eigenvalue weighted by molar-refractivity contribution is 0.0725.